The average Bonchev–Trinajstić information content (AvgIpc) is 2.91. The topological polar surface area (TPSA) is 0 Å². The summed E-state index contributed by atoms with van der Waals surface area (Å²) in [5.74, 6) is 16.4. The van der Waals surface area contributed by atoms with Crippen LogP contribution in [0.5, 0.6) is 0 Å². The Kier molecular flexibility index (Phi) is 21.2. The SMILES string of the molecule is CC(C)[Si](C#C[B-](C#C[Si](C(C)C)(C(C)C)C(C)C)(C#C[Si](C(C)C)(C(C)C)C(C)C)C#C[Si](C(C)C)(C(C)C)C(C)C)(C(C)C)C(C)C.[Li+]. The maximum absolute atomic E-state index is 4.20. The minimum atomic E-state index is -2.07. The molecule has 0 rings (SSSR count). The zero-order valence-electron chi connectivity index (χ0n) is 38.5. The molecule has 0 aliphatic rings. The van der Waals surface area contributed by atoms with Crippen molar-refractivity contribution in [2.45, 2.75) is 233 Å². The van der Waals surface area contributed by atoms with E-state index in [1.165, 1.54) is 0 Å². The Morgan fingerprint density at radius 3 is 0.420 bits per heavy atom. The van der Waals surface area contributed by atoms with Crippen LogP contribution in [-0.4, -0.2) is 38.4 Å². The smallest absolute Gasteiger partial charge is 0.277 e. The first-order valence-corrected chi connectivity index (χ1v) is 29.4. The van der Waals surface area contributed by atoms with Gasteiger partial charge >= 0.3 is 18.9 Å². The van der Waals surface area contributed by atoms with Gasteiger partial charge in [0.2, 0.25) is 0 Å². The van der Waals surface area contributed by atoms with Gasteiger partial charge in [-0.05, 0) is 66.5 Å². The molecule has 0 heterocycles. The van der Waals surface area contributed by atoms with Gasteiger partial charge in [0.1, 0.15) is 32.3 Å². The molecule has 0 fully saturated rings. The van der Waals surface area contributed by atoms with Gasteiger partial charge in [0.15, 0.2) is 0 Å². The van der Waals surface area contributed by atoms with Crippen molar-refractivity contribution in [3.8, 4) is 45.5 Å². The Morgan fingerprint density at radius 1 is 0.240 bits per heavy atom. The predicted octanol–water partition coefficient (Wildman–Crippen LogP) is 11.5. The van der Waals surface area contributed by atoms with Gasteiger partial charge in [-0.3, -0.25) is 23.3 Å². The van der Waals surface area contributed by atoms with Crippen LogP contribution in [0, 0.1) is 45.5 Å². The zero-order valence-corrected chi connectivity index (χ0v) is 42.5. The van der Waals surface area contributed by atoms with E-state index >= 15 is 0 Å². The van der Waals surface area contributed by atoms with E-state index in [9.17, 15) is 0 Å². The second-order valence-corrected chi connectivity index (χ2v) is 41.9. The molecule has 0 amide bonds. The molecule has 0 spiro atoms. The van der Waals surface area contributed by atoms with Crippen molar-refractivity contribution in [1.29, 1.82) is 0 Å². The van der Waals surface area contributed by atoms with Crippen LogP contribution in [0.25, 0.3) is 0 Å². The second-order valence-electron chi connectivity index (χ2n) is 19.5. The van der Waals surface area contributed by atoms with Crippen LogP contribution in [0.2, 0.25) is 66.5 Å². The fourth-order valence-electron chi connectivity index (χ4n) is 10.9. The normalized spacial score (nSPS) is 13.4. The number of hydrogen-bond acceptors (Lipinski definition) is 0. The fraction of sp³-hybridized carbons (Fsp3) is 0.818. The summed E-state index contributed by atoms with van der Waals surface area (Å²) in [6.45, 7) is 58.2. The summed E-state index contributed by atoms with van der Waals surface area (Å²) in [4.78, 5) is 0. The molecule has 280 valence electrons. The molecule has 0 aromatic rings. The third-order valence-corrected chi connectivity index (χ3v) is 38.7. The van der Waals surface area contributed by atoms with Gasteiger partial charge in [0.25, 0.3) is 6.15 Å². The van der Waals surface area contributed by atoms with E-state index in [4.69, 9.17) is 0 Å². The van der Waals surface area contributed by atoms with Crippen molar-refractivity contribution in [3.63, 3.8) is 0 Å². The predicted molar refractivity (Wildman–Crippen MR) is 241 cm³/mol. The van der Waals surface area contributed by atoms with Gasteiger partial charge in [-0.1, -0.05) is 166 Å². The molecular formula is C44H84BLiSi4. The molecule has 6 heteroatoms. The summed E-state index contributed by atoms with van der Waals surface area (Å²) in [7, 11) is -8.29. The molecule has 50 heavy (non-hydrogen) atoms. The van der Waals surface area contributed by atoms with Crippen LogP contribution in [0.15, 0.2) is 0 Å². The molecule has 0 bridgehead atoms. The first-order chi connectivity index (χ1) is 22.1. The first kappa shape index (κ1) is 51.9. The maximum Gasteiger partial charge on any atom is 1.00 e. The molecule has 0 aliphatic carbocycles. The molecule has 0 unspecified atom stereocenters. The summed E-state index contributed by atoms with van der Waals surface area (Å²) in [6, 6.07) is 0. The molecule has 0 radical (unpaired) electrons. The van der Waals surface area contributed by atoms with E-state index in [1.54, 1.807) is 0 Å². The summed E-state index contributed by atoms with van der Waals surface area (Å²) in [6.07, 6.45) is -1.92. The standard InChI is InChI=1S/C44H84BSi4.Li/c1-33(2)46(34(3)4,35(5)6)29-25-45(26-30-47(36(7)8,37(9)10)38(11)12,27-31-48(39(13)14,40(15)16)41(17)18)28-32-49(42(19)20,43(21)22)44(23)24;/h33-44H,1-24H3;/q-1;+1. The van der Waals surface area contributed by atoms with Gasteiger partial charge < -0.3 is 0 Å². The Balaban J connectivity index is 0. The minimum Gasteiger partial charge on any atom is -0.277 e. The number of rotatable bonds is 12. The van der Waals surface area contributed by atoms with Crippen LogP contribution >= 0.6 is 0 Å². The van der Waals surface area contributed by atoms with Crippen LogP contribution in [-0.2, 0) is 0 Å². The van der Waals surface area contributed by atoms with Crippen molar-refractivity contribution in [2.24, 2.45) is 0 Å². The van der Waals surface area contributed by atoms with E-state index in [0.29, 0.717) is 66.5 Å². The maximum atomic E-state index is 4.20. The van der Waals surface area contributed by atoms with Crippen LogP contribution in [0.4, 0.5) is 0 Å². The first-order valence-electron chi connectivity index (χ1n) is 20.5. The van der Waals surface area contributed by atoms with E-state index in [2.05, 4.69) is 212 Å². The molecule has 0 saturated carbocycles. The van der Waals surface area contributed by atoms with Crippen LogP contribution in [0.3, 0.4) is 0 Å². The van der Waals surface area contributed by atoms with Crippen LogP contribution < -0.4 is 18.9 Å². The van der Waals surface area contributed by atoms with E-state index in [0.717, 1.165) is 0 Å². The summed E-state index contributed by atoms with van der Waals surface area (Å²) < 4.78 is 0. The molecule has 0 nitrogen and oxygen atoms in total. The second kappa shape index (κ2) is 20.5. The van der Waals surface area contributed by atoms with E-state index in [1.807, 2.05) is 0 Å². The zero-order chi connectivity index (χ0) is 39.1. The Bertz CT molecular complexity index is 1010. The molecule has 0 aromatic heterocycles. The van der Waals surface area contributed by atoms with Crippen molar-refractivity contribution >= 4 is 38.4 Å². The monoisotopic (exact) mass is 743 g/mol. The molecular weight excluding hydrogens is 659 g/mol. The van der Waals surface area contributed by atoms with Gasteiger partial charge in [-0.25, -0.2) is 0 Å². The molecule has 0 aliphatic heterocycles. The van der Waals surface area contributed by atoms with Crippen molar-refractivity contribution in [1.82, 2.24) is 0 Å². The Labute approximate surface area is 333 Å². The summed E-state index contributed by atoms with van der Waals surface area (Å²) in [5, 5.41) is 0. The third kappa shape index (κ3) is 10.5. The average molecular weight is 743 g/mol. The minimum absolute atomic E-state index is 0. The summed E-state index contributed by atoms with van der Waals surface area (Å²) >= 11 is 0. The van der Waals surface area contributed by atoms with Crippen molar-refractivity contribution < 1.29 is 18.9 Å². The van der Waals surface area contributed by atoms with Gasteiger partial charge in [0, 0.05) is 0 Å². The van der Waals surface area contributed by atoms with Crippen LogP contribution in [0.1, 0.15) is 166 Å². The molecule has 0 N–H and O–H groups in total. The largest absolute Gasteiger partial charge is 1.00 e. The molecule has 0 aromatic carbocycles. The summed E-state index contributed by atoms with van der Waals surface area (Å²) in [5.41, 5.74) is 23.3. The van der Waals surface area contributed by atoms with Gasteiger partial charge in [-0.2, -0.15) is 22.2 Å². The Morgan fingerprint density at radius 2 is 0.340 bits per heavy atom. The molecule has 0 atom stereocenters. The molecule has 0 saturated heterocycles. The van der Waals surface area contributed by atoms with E-state index < -0.39 is 38.4 Å². The van der Waals surface area contributed by atoms with Gasteiger partial charge in [-0.15, -0.1) is 0 Å². The third-order valence-electron chi connectivity index (χ3n) is 13.5. The number of hydrogen-bond donors (Lipinski definition) is 0. The Hall–Kier alpha value is -0.230. The van der Waals surface area contributed by atoms with Crippen molar-refractivity contribution in [2.75, 3.05) is 0 Å². The van der Waals surface area contributed by atoms with Crippen molar-refractivity contribution in [3.05, 3.63) is 0 Å². The van der Waals surface area contributed by atoms with E-state index in [-0.39, 0.29) is 18.9 Å². The fourth-order valence-corrected chi connectivity index (χ4v) is 32.2. The van der Waals surface area contributed by atoms with Gasteiger partial charge in [0.05, 0.1) is 0 Å². The quantitative estimate of drug-likeness (QED) is 0.138.